The van der Waals surface area contributed by atoms with E-state index in [-0.39, 0.29) is 0 Å². The standard InChI is InChI=1S/C17H28N2O/c1-17(2)8-3-10-19(11-9-17)13-16(20)15-6-4-14(12-18)5-7-15/h4-7,16,20H,3,8-13,18H2,1-2H3. The van der Waals surface area contributed by atoms with Gasteiger partial charge in [-0.15, -0.1) is 0 Å². The summed E-state index contributed by atoms with van der Waals surface area (Å²) in [6, 6.07) is 8.00. The molecule has 0 aliphatic carbocycles. The van der Waals surface area contributed by atoms with Crippen molar-refractivity contribution in [2.75, 3.05) is 19.6 Å². The second-order valence-corrected chi connectivity index (χ2v) is 6.78. The first-order valence-corrected chi connectivity index (χ1v) is 7.69. The third kappa shape index (κ3) is 4.30. The molecule has 1 heterocycles. The molecule has 1 aromatic carbocycles. The molecule has 0 spiro atoms. The molecule has 3 heteroatoms. The molecule has 0 bridgehead atoms. The molecule has 3 N–H and O–H groups in total. The Bertz CT molecular complexity index is 414. The summed E-state index contributed by atoms with van der Waals surface area (Å²) in [7, 11) is 0. The van der Waals surface area contributed by atoms with Crippen LogP contribution in [0.25, 0.3) is 0 Å². The number of benzene rings is 1. The molecule has 2 rings (SSSR count). The molecule has 1 aromatic rings. The predicted molar refractivity (Wildman–Crippen MR) is 83.4 cm³/mol. The number of aliphatic hydroxyl groups is 1. The zero-order valence-corrected chi connectivity index (χ0v) is 12.8. The van der Waals surface area contributed by atoms with Crippen LogP contribution < -0.4 is 5.73 Å². The van der Waals surface area contributed by atoms with E-state index < -0.39 is 6.10 Å². The molecule has 1 unspecified atom stereocenters. The van der Waals surface area contributed by atoms with Gasteiger partial charge in [0, 0.05) is 13.1 Å². The van der Waals surface area contributed by atoms with Crippen LogP contribution in [-0.4, -0.2) is 29.6 Å². The average molecular weight is 276 g/mol. The Morgan fingerprint density at radius 1 is 1.20 bits per heavy atom. The van der Waals surface area contributed by atoms with Gasteiger partial charge in [0.15, 0.2) is 0 Å². The van der Waals surface area contributed by atoms with E-state index in [1.807, 2.05) is 24.3 Å². The molecule has 112 valence electrons. The van der Waals surface area contributed by atoms with E-state index in [4.69, 9.17) is 5.73 Å². The van der Waals surface area contributed by atoms with Crippen LogP contribution in [0.1, 0.15) is 50.3 Å². The average Bonchev–Trinajstić information content (AvgIpc) is 2.60. The lowest BCUT2D eigenvalue weighted by atomic mass is 9.85. The minimum Gasteiger partial charge on any atom is -0.387 e. The maximum atomic E-state index is 10.4. The SMILES string of the molecule is CC1(C)CCCN(CC(O)c2ccc(CN)cc2)CC1. The van der Waals surface area contributed by atoms with Crippen LogP contribution in [0.5, 0.6) is 0 Å². The lowest BCUT2D eigenvalue weighted by molar-refractivity contribution is 0.113. The van der Waals surface area contributed by atoms with Crippen molar-refractivity contribution >= 4 is 0 Å². The van der Waals surface area contributed by atoms with Gasteiger partial charge in [0.25, 0.3) is 0 Å². The largest absolute Gasteiger partial charge is 0.387 e. The summed E-state index contributed by atoms with van der Waals surface area (Å²) in [5, 5.41) is 10.4. The number of rotatable bonds is 4. The van der Waals surface area contributed by atoms with Gasteiger partial charge in [0.2, 0.25) is 0 Å². The predicted octanol–water partition coefficient (Wildman–Crippen LogP) is 2.69. The van der Waals surface area contributed by atoms with Gasteiger partial charge < -0.3 is 15.7 Å². The van der Waals surface area contributed by atoms with Crippen LogP contribution in [0.4, 0.5) is 0 Å². The number of likely N-dealkylation sites (tertiary alicyclic amines) is 1. The van der Waals surface area contributed by atoms with Crippen molar-refractivity contribution in [3.05, 3.63) is 35.4 Å². The molecule has 1 aliphatic rings. The minimum atomic E-state index is -0.400. The number of aliphatic hydroxyl groups excluding tert-OH is 1. The molecule has 0 radical (unpaired) electrons. The Hall–Kier alpha value is -0.900. The first kappa shape index (κ1) is 15.5. The molecule has 3 nitrogen and oxygen atoms in total. The van der Waals surface area contributed by atoms with Crippen LogP contribution in [0.3, 0.4) is 0 Å². The van der Waals surface area contributed by atoms with Gasteiger partial charge in [-0.3, -0.25) is 0 Å². The third-order valence-electron chi connectivity index (χ3n) is 4.46. The van der Waals surface area contributed by atoms with E-state index in [0.717, 1.165) is 30.8 Å². The zero-order chi connectivity index (χ0) is 14.6. The van der Waals surface area contributed by atoms with E-state index in [2.05, 4.69) is 18.7 Å². The molecule has 1 saturated heterocycles. The highest BCUT2D eigenvalue weighted by Crippen LogP contribution is 2.30. The summed E-state index contributed by atoms with van der Waals surface area (Å²) in [6.07, 6.45) is 3.32. The number of nitrogens with two attached hydrogens (primary N) is 1. The fourth-order valence-electron chi connectivity index (χ4n) is 2.89. The summed E-state index contributed by atoms with van der Waals surface area (Å²) in [5.41, 5.74) is 8.14. The molecular formula is C17H28N2O. The van der Waals surface area contributed by atoms with E-state index in [0.29, 0.717) is 12.0 Å². The smallest absolute Gasteiger partial charge is 0.0916 e. The van der Waals surface area contributed by atoms with Gasteiger partial charge in [0.05, 0.1) is 6.10 Å². The second-order valence-electron chi connectivity index (χ2n) is 6.78. The summed E-state index contributed by atoms with van der Waals surface area (Å²) in [6.45, 7) is 8.17. The highest BCUT2D eigenvalue weighted by molar-refractivity contribution is 5.24. The molecule has 1 fully saturated rings. The van der Waals surface area contributed by atoms with Crippen LogP contribution >= 0.6 is 0 Å². The van der Waals surface area contributed by atoms with E-state index >= 15 is 0 Å². The molecular weight excluding hydrogens is 248 g/mol. The fourth-order valence-corrected chi connectivity index (χ4v) is 2.89. The van der Waals surface area contributed by atoms with Crippen molar-refractivity contribution in [3.63, 3.8) is 0 Å². The minimum absolute atomic E-state index is 0.400. The van der Waals surface area contributed by atoms with Crippen molar-refractivity contribution in [3.8, 4) is 0 Å². The third-order valence-corrected chi connectivity index (χ3v) is 4.46. The fraction of sp³-hybridized carbons (Fsp3) is 0.647. The summed E-state index contributed by atoms with van der Waals surface area (Å²) >= 11 is 0. The number of β-amino-alcohol motifs (C(OH)–C–C–N with tert-alkyl or cyclic N) is 1. The molecule has 1 aliphatic heterocycles. The van der Waals surface area contributed by atoms with Crippen molar-refractivity contribution in [1.29, 1.82) is 0 Å². The zero-order valence-electron chi connectivity index (χ0n) is 12.8. The van der Waals surface area contributed by atoms with Gasteiger partial charge in [-0.25, -0.2) is 0 Å². The van der Waals surface area contributed by atoms with E-state index in [1.165, 1.54) is 19.3 Å². The first-order chi connectivity index (χ1) is 9.50. The van der Waals surface area contributed by atoms with Crippen LogP contribution in [0, 0.1) is 5.41 Å². The molecule has 0 amide bonds. The van der Waals surface area contributed by atoms with Crippen molar-refractivity contribution in [1.82, 2.24) is 4.90 Å². The molecule has 1 atom stereocenters. The monoisotopic (exact) mass is 276 g/mol. The Balaban J connectivity index is 1.91. The van der Waals surface area contributed by atoms with E-state index in [9.17, 15) is 5.11 Å². The van der Waals surface area contributed by atoms with Crippen LogP contribution in [0.15, 0.2) is 24.3 Å². The Morgan fingerprint density at radius 2 is 1.90 bits per heavy atom. The molecule has 0 aromatic heterocycles. The topological polar surface area (TPSA) is 49.5 Å². The molecule has 0 saturated carbocycles. The normalized spacial score (nSPS) is 21.4. The quantitative estimate of drug-likeness (QED) is 0.889. The van der Waals surface area contributed by atoms with Crippen LogP contribution in [-0.2, 0) is 6.54 Å². The van der Waals surface area contributed by atoms with Gasteiger partial charge in [-0.2, -0.15) is 0 Å². The van der Waals surface area contributed by atoms with Gasteiger partial charge >= 0.3 is 0 Å². The second kappa shape index (κ2) is 6.70. The van der Waals surface area contributed by atoms with Crippen molar-refractivity contribution in [2.24, 2.45) is 11.1 Å². The lowest BCUT2D eigenvalue weighted by Crippen LogP contribution is -2.30. The van der Waals surface area contributed by atoms with Crippen molar-refractivity contribution < 1.29 is 5.11 Å². The highest BCUT2D eigenvalue weighted by Gasteiger charge is 2.24. The van der Waals surface area contributed by atoms with E-state index in [1.54, 1.807) is 0 Å². The summed E-state index contributed by atoms with van der Waals surface area (Å²) < 4.78 is 0. The number of hydrogen-bond donors (Lipinski definition) is 2. The summed E-state index contributed by atoms with van der Waals surface area (Å²) in [4.78, 5) is 2.40. The van der Waals surface area contributed by atoms with Gasteiger partial charge in [0.1, 0.15) is 0 Å². The Kier molecular flexibility index (Phi) is 5.19. The first-order valence-electron chi connectivity index (χ1n) is 7.69. The van der Waals surface area contributed by atoms with Gasteiger partial charge in [-0.05, 0) is 48.9 Å². The Morgan fingerprint density at radius 3 is 2.55 bits per heavy atom. The number of hydrogen-bond acceptors (Lipinski definition) is 3. The van der Waals surface area contributed by atoms with Gasteiger partial charge in [-0.1, -0.05) is 38.1 Å². The maximum Gasteiger partial charge on any atom is 0.0916 e. The Labute approximate surface area is 122 Å². The number of nitrogens with zero attached hydrogens (tertiary/aromatic N) is 1. The lowest BCUT2D eigenvalue weighted by Gasteiger charge is -2.25. The molecule has 20 heavy (non-hydrogen) atoms. The summed E-state index contributed by atoms with van der Waals surface area (Å²) in [5.74, 6) is 0. The van der Waals surface area contributed by atoms with Crippen LogP contribution in [0.2, 0.25) is 0 Å². The van der Waals surface area contributed by atoms with Crippen molar-refractivity contribution in [2.45, 2.75) is 45.8 Å². The maximum absolute atomic E-state index is 10.4. The highest BCUT2D eigenvalue weighted by atomic mass is 16.3.